The molecule has 0 saturated heterocycles. The van der Waals surface area contributed by atoms with Gasteiger partial charge < -0.3 is 19.7 Å². The SMILES string of the molecule is CCN(C(=O)C(=O)O)c1cc(C)c(Oc2ccc3[nH]cc(C)c3c2)c(C)c1. The Morgan fingerprint density at radius 3 is 2.33 bits per heavy atom. The third-order valence-corrected chi connectivity index (χ3v) is 4.58. The molecule has 0 fully saturated rings. The highest BCUT2D eigenvalue weighted by Crippen LogP contribution is 2.34. The Hall–Kier alpha value is -3.28. The quantitative estimate of drug-likeness (QED) is 0.674. The second kappa shape index (κ2) is 7.15. The Morgan fingerprint density at radius 1 is 1.07 bits per heavy atom. The molecular formula is C21H22N2O4. The molecule has 0 aliphatic heterocycles. The molecule has 0 unspecified atom stereocenters. The third kappa shape index (κ3) is 3.51. The number of aromatic amines is 1. The summed E-state index contributed by atoms with van der Waals surface area (Å²) in [5.74, 6) is -0.996. The van der Waals surface area contributed by atoms with Crippen molar-refractivity contribution in [3.8, 4) is 11.5 Å². The van der Waals surface area contributed by atoms with E-state index in [-0.39, 0.29) is 6.54 Å². The average molecular weight is 366 g/mol. The van der Waals surface area contributed by atoms with Crippen molar-refractivity contribution in [2.24, 2.45) is 0 Å². The molecule has 0 aliphatic carbocycles. The Labute approximate surface area is 157 Å². The van der Waals surface area contributed by atoms with E-state index in [9.17, 15) is 9.59 Å². The van der Waals surface area contributed by atoms with Gasteiger partial charge in [0, 0.05) is 29.3 Å². The van der Waals surface area contributed by atoms with E-state index < -0.39 is 11.9 Å². The standard InChI is InChI=1S/C21H22N2O4/c1-5-23(20(24)21(25)26)15-8-12(2)19(13(3)9-15)27-16-6-7-18-17(10-16)14(4)11-22-18/h6-11,22H,5H2,1-4H3,(H,25,26). The van der Waals surface area contributed by atoms with Crippen molar-refractivity contribution >= 4 is 28.5 Å². The van der Waals surface area contributed by atoms with Crippen LogP contribution in [-0.4, -0.2) is 28.5 Å². The summed E-state index contributed by atoms with van der Waals surface area (Å²) < 4.78 is 6.12. The fraction of sp³-hybridized carbons (Fsp3) is 0.238. The maximum Gasteiger partial charge on any atom is 0.394 e. The highest BCUT2D eigenvalue weighted by molar-refractivity contribution is 6.37. The summed E-state index contributed by atoms with van der Waals surface area (Å²) in [6.07, 6.45) is 1.96. The number of carboxylic acids is 1. The van der Waals surface area contributed by atoms with Crippen LogP contribution in [0.25, 0.3) is 10.9 Å². The van der Waals surface area contributed by atoms with E-state index in [0.717, 1.165) is 33.3 Å². The highest BCUT2D eigenvalue weighted by Gasteiger charge is 2.22. The number of anilines is 1. The van der Waals surface area contributed by atoms with Crippen molar-refractivity contribution < 1.29 is 19.4 Å². The van der Waals surface area contributed by atoms with Gasteiger partial charge in [-0.2, -0.15) is 0 Å². The van der Waals surface area contributed by atoms with Gasteiger partial charge in [0.05, 0.1) is 0 Å². The maximum atomic E-state index is 11.9. The fourth-order valence-electron chi connectivity index (χ4n) is 3.22. The molecule has 140 valence electrons. The molecule has 1 amide bonds. The van der Waals surface area contributed by atoms with Gasteiger partial charge in [0.15, 0.2) is 0 Å². The van der Waals surface area contributed by atoms with Crippen LogP contribution in [0.5, 0.6) is 11.5 Å². The number of rotatable bonds is 4. The van der Waals surface area contributed by atoms with Gasteiger partial charge in [0.1, 0.15) is 11.5 Å². The lowest BCUT2D eigenvalue weighted by molar-refractivity contribution is -0.148. The lowest BCUT2D eigenvalue weighted by Gasteiger charge is -2.21. The second-order valence-electron chi connectivity index (χ2n) is 6.54. The largest absolute Gasteiger partial charge is 0.474 e. The summed E-state index contributed by atoms with van der Waals surface area (Å²) in [6, 6.07) is 9.40. The normalized spacial score (nSPS) is 10.8. The second-order valence-corrected chi connectivity index (χ2v) is 6.54. The number of carbonyl (C=O) groups excluding carboxylic acids is 1. The van der Waals surface area contributed by atoms with E-state index in [1.165, 1.54) is 4.90 Å². The van der Waals surface area contributed by atoms with Gasteiger partial charge >= 0.3 is 11.9 Å². The van der Waals surface area contributed by atoms with Gasteiger partial charge in [-0.25, -0.2) is 4.79 Å². The fourth-order valence-corrected chi connectivity index (χ4v) is 3.22. The molecule has 6 nitrogen and oxygen atoms in total. The molecule has 0 spiro atoms. The number of aliphatic carboxylic acids is 1. The summed E-state index contributed by atoms with van der Waals surface area (Å²) in [7, 11) is 0. The van der Waals surface area contributed by atoms with E-state index in [0.29, 0.717) is 11.4 Å². The van der Waals surface area contributed by atoms with Crippen LogP contribution in [0.3, 0.4) is 0 Å². The molecule has 1 aromatic heterocycles. The summed E-state index contributed by atoms with van der Waals surface area (Å²) in [6.45, 7) is 7.81. The summed E-state index contributed by atoms with van der Waals surface area (Å²) >= 11 is 0. The molecule has 2 N–H and O–H groups in total. The molecule has 0 aliphatic rings. The zero-order valence-corrected chi connectivity index (χ0v) is 15.8. The van der Waals surface area contributed by atoms with Crippen LogP contribution in [0.1, 0.15) is 23.6 Å². The monoisotopic (exact) mass is 366 g/mol. The summed E-state index contributed by atoms with van der Waals surface area (Å²) in [4.78, 5) is 27.4. The van der Waals surface area contributed by atoms with Crippen molar-refractivity contribution in [3.05, 3.63) is 53.2 Å². The Morgan fingerprint density at radius 2 is 1.74 bits per heavy atom. The first-order chi connectivity index (χ1) is 12.8. The van der Waals surface area contributed by atoms with Crippen molar-refractivity contribution in [2.75, 3.05) is 11.4 Å². The number of carboxylic acid groups (broad SMARTS) is 1. The number of aromatic nitrogens is 1. The smallest absolute Gasteiger partial charge is 0.394 e. The van der Waals surface area contributed by atoms with E-state index in [2.05, 4.69) is 4.98 Å². The molecule has 6 heteroatoms. The maximum absolute atomic E-state index is 11.9. The summed E-state index contributed by atoms with van der Waals surface area (Å²) in [5, 5.41) is 10.1. The van der Waals surface area contributed by atoms with E-state index >= 15 is 0 Å². The number of H-pyrrole nitrogens is 1. The Bertz CT molecular complexity index is 1010. The minimum absolute atomic E-state index is 0.271. The number of likely N-dealkylation sites (N-methyl/N-ethyl adjacent to an activating group) is 1. The number of nitrogens with one attached hydrogen (secondary N) is 1. The topological polar surface area (TPSA) is 82.6 Å². The number of benzene rings is 2. The van der Waals surface area contributed by atoms with Gasteiger partial charge in [0.2, 0.25) is 0 Å². The minimum Gasteiger partial charge on any atom is -0.474 e. The van der Waals surface area contributed by atoms with Crippen molar-refractivity contribution in [1.82, 2.24) is 4.98 Å². The number of carbonyl (C=O) groups is 2. The molecular weight excluding hydrogens is 344 g/mol. The van der Waals surface area contributed by atoms with E-state index in [1.807, 2.05) is 45.2 Å². The zero-order valence-electron chi connectivity index (χ0n) is 15.8. The summed E-state index contributed by atoms with van der Waals surface area (Å²) in [5.41, 5.74) is 4.39. The van der Waals surface area contributed by atoms with Crippen LogP contribution in [0, 0.1) is 20.8 Å². The van der Waals surface area contributed by atoms with Crippen LogP contribution in [-0.2, 0) is 9.59 Å². The van der Waals surface area contributed by atoms with Crippen molar-refractivity contribution in [3.63, 3.8) is 0 Å². The molecule has 0 saturated carbocycles. The predicted octanol–water partition coefficient (Wildman–Crippen LogP) is 4.32. The first kappa shape index (κ1) is 18.5. The molecule has 27 heavy (non-hydrogen) atoms. The molecule has 3 aromatic rings. The van der Waals surface area contributed by atoms with Crippen LogP contribution in [0.15, 0.2) is 36.5 Å². The number of hydrogen-bond donors (Lipinski definition) is 2. The molecule has 3 rings (SSSR count). The van der Waals surface area contributed by atoms with Crippen LogP contribution in [0.2, 0.25) is 0 Å². The van der Waals surface area contributed by atoms with Crippen LogP contribution < -0.4 is 9.64 Å². The number of fused-ring (bicyclic) bond motifs is 1. The highest BCUT2D eigenvalue weighted by atomic mass is 16.5. The van der Waals surface area contributed by atoms with E-state index in [4.69, 9.17) is 9.84 Å². The predicted molar refractivity (Wildman–Crippen MR) is 105 cm³/mol. The lowest BCUT2D eigenvalue weighted by atomic mass is 10.1. The number of nitrogens with zero attached hydrogens (tertiary/aromatic N) is 1. The number of hydrogen-bond acceptors (Lipinski definition) is 3. The van der Waals surface area contributed by atoms with Crippen molar-refractivity contribution in [2.45, 2.75) is 27.7 Å². The minimum atomic E-state index is -1.47. The molecule has 0 radical (unpaired) electrons. The van der Waals surface area contributed by atoms with Crippen LogP contribution in [0.4, 0.5) is 5.69 Å². The lowest BCUT2D eigenvalue weighted by Crippen LogP contribution is -2.36. The average Bonchev–Trinajstić information content (AvgIpc) is 2.99. The van der Waals surface area contributed by atoms with Gasteiger partial charge in [-0.05, 0) is 74.7 Å². The van der Waals surface area contributed by atoms with Gasteiger partial charge in [-0.1, -0.05) is 0 Å². The number of amides is 1. The van der Waals surface area contributed by atoms with Crippen molar-refractivity contribution in [1.29, 1.82) is 0 Å². The van der Waals surface area contributed by atoms with Gasteiger partial charge in [-0.3, -0.25) is 4.79 Å². The first-order valence-corrected chi connectivity index (χ1v) is 8.73. The molecule has 0 bridgehead atoms. The molecule has 0 atom stereocenters. The van der Waals surface area contributed by atoms with Crippen LogP contribution >= 0.6 is 0 Å². The molecule has 2 aromatic carbocycles. The number of aryl methyl sites for hydroxylation is 3. The first-order valence-electron chi connectivity index (χ1n) is 8.73. The third-order valence-electron chi connectivity index (χ3n) is 4.58. The van der Waals surface area contributed by atoms with E-state index in [1.54, 1.807) is 19.1 Å². The molecule has 1 heterocycles. The zero-order chi connectivity index (χ0) is 19.7. The Kier molecular flexibility index (Phi) is 4.90. The Balaban J connectivity index is 1.95. The number of ether oxygens (including phenoxy) is 1. The van der Waals surface area contributed by atoms with Gasteiger partial charge in [0.25, 0.3) is 0 Å². The van der Waals surface area contributed by atoms with Gasteiger partial charge in [-0.15, -0.1) is 0 Å².